The van der Waals surface area contributed by atoms with Gasteiger partial charge in [0, 0.05) is 16.6 Å². The number of benzene rings is 2. The minimum atomic E-state index is -0.149. The number of hydrogen-bond acceptors (Lipinski definition) is 2. The number of aromatic amines is 1. The first-order chi connectivity index (χ1) is 12.0. The van der Waals surface area contributed by atoms with Gasteiger partial charge < -0.3 is 5.32 Å². The molecule has 0 fully saturated rings. The van der Waals surface area contributed by atoms with Gasteiger partial charge in [0.15, 0.2) is 0 Å². The number of carbonyl (C=O) groups excluding carboxylic acids is 1. The highest BCUT2D eigenvalue weighted by molar-refractivity contribution is 6.30. The van der Waals surface area contributed by atoms with Crippen molar-refractivity contribution in [3.63, 3.8) is 0 Å². The van der Waals surface area contributed by atoms with Crippen molar-refractivity contribution >= 4 is 17.5 Å². The van der Waals surface area contributed by atoms with E-state index in [1.54, 1.807) is 12.3 Å². The first kappa shape index (κ1) is 17.2. The Balaban J connectivity index is 1.73. The van der Waals surface area contributed by atoms with Crippen molar-refractivity contribution in [3.05, 3.63) is 76.4 Å². The van der Waals surface area contributed by atoms with Gasteiger partial charge in [-0.2, -0.15) is 5.10 Å². The van der Waals surface area contributed by atoms with Crippen LogP contribution in [0, 0.1) is 6.92 Å². The van der Waals surface area contributed by atoms with Gasteiger partial charge in [-0.1, -0.05) is 53.6 Å². The predicted molar refractivity (Wildman–Crippen MR) is 101 cm³/mol. The first-order valence-electron chi connectivity index (χ1n) is 8.18. The van der Waals surface area contributed by atoms with Crippen LogP contribution in [0.3, 0.4) is 0 Å². The summed E-state index contributed by atoms with van der Waals surface area (Å²) in [6, 6.07) is 15.7. The molecular formula is C20H20ClN3O. The van der Waals surface area contributed by atoms with Crippen molar-refractivity contribution < 1.29 is 4.79 Å². The fraction of sp³-hybridized carbons (Fsp3) is 0.200. The molecular weight excluding hydrogens is 334 g/mol. The quantitative estimate of drug-likeness (QED) is 0.714. The summed E-state index contributed by atoms with van der Waals surface area (Å²) in [5.74, 6) is -0.149. The largest absolute Gasteiger partial charge is 0.349 e. The highest BCUT2D eigenvalue weighted by Crippen LogP contribution is 2.24. The number of aromatic nitrogens is 2. The topological polar surface area (TPSA) is 57.8 Å². The number of halogens is 1. The van der Waals surface area contributed by atoms with Gasteiger partial charge >= 0.3 is 0 Å². The molecule has 2 N–H and O–H groups in total. The van der Waals surface area contributed by atoms with E-state index in [0.717, 1.165) is 12.0 Å². The average molecular weight is 354 g/mol. The first-order valence-corrected chi connectivity index (χ1v) is 8.56. The summed E-state index contributed by atoms with van der Waals surface area (Å²) >= 11 is 6.05. The molecule has 1 aromatic heterocycles. The van der Waals surface area contributed by atoms with Crippen molar-refractivity contribution in [1.82, 2.24) is 15.5 Å². The number of nitrogens with one attached hydrogen (secondary N) is 2. The van der Waals surface area contributed by atoms with Crippen LogP contribution in [0.15, 0.2) is 54.7 Å². The van der Waals surface area contributed by atoms with Gasteiger partial charge in [0.05, 0.1) is 17.5 Å². The van der Waals surface area contributed by atoms with Crippen LogP contribution in [0.25, 0.3) is 11.3 Å². The molecule has 0 bridgehead atoms. The number of nitrogens with zero attached hydrogens (tertiary/aromatic N) is 1. The molecule has 128 valence electrons. The molecule has 1 amide bonds. The number of hydrogen-bond donors (Lipinski definition) is 2. The van der Waals surface area contributed by atoms with Crippen molar-refractivity contribution in [2.24, 2.45) is 0 Å². The summed E-state index contributed by atoms with van der Waals surface area (Å²) < 4.78 is 0. The summed E-state index contributed by atoms with van der Waals surface area (Å²) in [6.45, 7) is 4.06. The zero-order valence-electron chi connectivity index (χ0n) is 14.2. The second kappa shape index (κ2) is 7.53. The van der Waals surface area contributed by atoms with E-state index in [2.05, 4.69) is 40.6 Å². The van der Waals surface area contributed by atoms with E-state index >= 15 is 0 Å². The van der Waals surface area contributed by atoms with E-state index in [9.17, 15) is 4.79 Å². The Labute approximate surface area is 152 Å². The molecule has 0 aliphatic carbocycles. The maximum Gasteiger partial charge on any atom is 0.255 e. The fourth-order valence-electron chi connectivity index (χ4n) is 2.87. The lowest BCUT2D eigenvalue weighted by Gasteiger charge is -2.14. The smallest absolute Gasteiger partial charge is 0.255 e. The number of aryl methyl sites for hydroxylation is 1. The molecule has 4 nitrogen and oxygen atoms in total. The highest BCUT2D eigenvalue weighted by atomic mass is 35.5. The maximum absolute atomic E-state index is 12.6. The van der Waals surface area contributed by atoms with Crippen molar-refractivity contribution in [2.75, 3.05) is 0 Å². The van der Waals surface area contributed by atoms with Crippen LogP contribution >= 0.6 is 11.6 Å². The third-order valence-corrected chi connectivity index (χ3v) is 4.23. The molecule has 0 saturated heterocycles. The number of rotatable bonds is 5. The standard InChI is InChI=1S/C20H20ClN3O/c1-13-5-3-6-15(9-13)10-14(2)23-20(25)18-12-22-24-19(18)16-7-4-8-17(21)11-16/h3-9,11-12,14H,10H2,1-2H3,(H,22,24)(H,23,25). The minimum absolute atomic E-state index is 0.0106. The summed E-state index contributed by atoms with van der Waals surface area (Å²) in [4.78, 5) is 12.6. The van der Waals surface area contributed by atoms with Gasteiger partial charge in [0.1, 0.15) is 0 Å². The molecule has 0 radical (unpaired) electrons. The van der Waals surface area contributed by atoms with Crippen molar-refractivity contribution in [2.45, 2.75) is 26.3 Å². The van der Waals surface area contributed by atoms with Crippen LogP contribution in [0.5, 0.6) is 0 Å². The third kappa shape index (κ3) is 4.28. The molecule has 3 aromatic rings. The second-order valence-electron chi connectivity index (χ2n) is 6.24. The minimum Gasteiger partial charge on any atom is -0.349 e. The highest BCUT2D eigenvalue weighted by Gasteiger charge is 2.17. The van der Waals surface area contributed by atoms with Gasteiger partial charge in [-0.3, -0.25) is 9.89 Å². The zero-order chi connectivity index (χ0) is 17.8. The molecule has 0 aliphatic heterocycles. The van der Waals surface area contributed by atoms with Crippen LogP contribution in [0.1, 0.15) is 28.4 Å². The van der Waals surface area contributed by atoms with E-state index in [4.69, 9.17) is 11.6 Å². The molecule has 0 aliphatic rings. The summed E-state index contributed by atoms with van der Waals surface area (Å²) in [7, 11) is 0. The molecule has 1 unspecified atom stereocenters. The molecule has 1 atom stereocenters. The SMILES string of the molecule is Cc1cccc(CC(C)NC(=O)c2cn[nH]c2-c2cccc(Cl)c2)c1. The average Bonchev–Trinajstić information content (AvgIpc) is 3.04. The Morgan fingerprint density at radius 2 is 2.04 bits per heavy atom. The monoisotopic (exact) mass is 353 g/mol. The lowest BCUT2D eigenvalue weighted by atomic mass is 10.0. The number of carbonyl (C=O) groups is 1. The molecule has 5 heteroatoms. The Morgan fingerprint density at radius 3 is 2.80 bits per heavy atom. The van der Waals surface area contributed by atoms with Crippen LogP contribution in [0.4, 0.5) is 0 Å². The Kier molecular flexibility index (Phi) is 5.19. The van der Waals surface area contributed by atoms with Gasteiger partial charge in [0.2, 0.25) is 0 Å². The van der Waals surface area contributed by atoms with Gasteiger partial charge in [0.25, 0.3) is 5.91 Å². The molecule has 25 heavy (non-hydrogen) atoms. The van der Waals surface area contributed by atoms with E-state index < -0.39 is 0 Å². The number of H-pyrrole nitrogens is 1. The van der Waals surface area contributed by atoms with E-state index in [1.165, 1.54) is 11.1 Å². The van der Waals surface area contributed by atoms with Gasteiger partial charge in [-0.25, -0.2) is 0 Å². The molecule has 2 aromatic carbocycles. The summed E-state index contributed by atoms with van der Waals surface area (Å²) in [6.07, 6.45) is 2.32. The second-order valence-corrected chi connectivity index (χ2v) is 6.67. The van der Waals surface area contributed by atoms with Crippen LogP contribution in [-0.4, -0.2) is 22.1 Å². The lowest BCUT2D eigenvalue weighted by molar-refractivity contribution is 0.0941. The maximum atomic E-state index is 12.6. The molecule has 1 heterocycles. The van der Waals surface area contributed by atoms with Crippen LogP contribution in [0.2, 0.25) is 5.02 Å². The zero-order valence-corrected chi connectivity index (χ0v) is 15.0. The van der Waals surface area contributed by atoms with E-state index in [-0.39, 0.29) is 11.9 Å². The Hall–Kier alpha value is -2.59. The predicted octanol–water partition coefficient (Wildman–Crippen LogP) is 4.40. The van der Waals surface area contributed by atoms with E-state index in [1.807, 2.05) is 31.2 Å². The lowest BCUT2D eigenvalue weighted by Crippen LogP contribution is -2.34. The van der Waals surface area contributed by atoms with Crippen LogP contribution in [-0.2, 0) is 6.42 Å². The van der Waals surface area contributed by atoms with Crippen LogP contribution < -0.4 is 5.32 Å². The van der Waals surface area contributed by atoms with Gasteiger partial charge in [-0.15, -0.1) is 0 Å². The van der Waals surface area contributed by atoms with E-state index in [0.29, 0.717) is 16.3 Å². The summed E-state index contributed by atoms with van der Waals surface area (Å²) in [5, 5.41) is 10.6. The van der Waals surface area contributed by atoms with Crippen molar-refractivity contribution in [1.29, 1.82) is 0 Å². The Morgan fingerprint density at radius 1 is 1.24 bits per heavy atom. The summed E-state index contributed by atoms with van der Waals surface area (Å²) in [5.41, 5.74) is 4.44. The number of amides is 1. The molecule has 0 saturated carbocycles. The molecule has 0 spiro atoms. The Bertz CT molecular complexity index is 888. The third-order valence-electron chi connectivity index (χ3n) is 4.00. The fourth-order valence-corrected chi connectivity index (χ4v) is 3.06. The van der Waals surface area contributed by atoms with Crippen molar-refractivity contribution in [3.8, 4) is 11.3 Å². The normalized spacial score (nSPS) is 12.0. The van der Waals surface area contributed by atoms with Gasteiger partial charge in [-0.05, 0) is 38.0 Å². The molecule has 3 rings (SSSR count).